The van der Waals surface area contributed by atoms with Gasteiger partial charge in [0.15, 0.2) is 0 Å². The number of nitrogens with zero attached hydrogens (tertiary/aromatic N) is 1. The van der Waals surface area contributed by atoms with Crippen molar-refractivity contribution >= 4 is 22.9 Å². The van der Waals surface area contributed by atoms with Crippen molar-refractivity contribution in [3.63, 3.8) is 0 Å². The van der Waals surface area contributed by atoms with E-state index in [1.807, 2.05) is 0 Å². The zero-order chi connectivity index (χ0) is 5.98. The lowest BCUT2D eigenvalue weighted by Gasteiger charge is -2.20. The molecular formula is C6H11IN+. The molecule has 2 heteroatoms. The second-order valence-corrected chi connectivity index (χ2v) is 3.52. The van der Waals surface area contributed by atoms with E-state index in [2.05, 4.69) is 32.6 Å². The zero-order valence-corrected chi connectivity index (χ0v) is 7.02. The molecule has 0 bridgehead atoms. The van der Waals surface area contributed by atoms with E-state index in [9.17, 15) is 0 Å². The standard InChI is InChI=1S/C6H10IN/c1-6-2-4-8(7)5-3-6/h1-5H2/p+1. The van der Waals surface area contributed by atoms with Crippen molar-refractivity contribution in [2.75, 3.05) is 13.1 Å². The Labute approximate surface area is 65.7 Å². The first-order valence-corrected chi connectivity index (χ1v) is 3.83. The van der Waals surface area contributed by atoms with Gasteiger partial charge in [-0.2, -0.15) is 0 Å². The summed E-state index contributed by atoms with van der Waals surface area (Å²) in [5, 5.41) is 0. The van der Waals surface area contributed by atoms with Crippen molar-refractivity contribution in [1.29, 1.82) is 0 Å². The van der Waals surface area contributed by atoms with Gasteiger partial charge in [-0.3, -0.25) is 0 Å². The molecule has 1 aliphatic heterocycles. The van der Waals surface area contributed by atoms with Gasteiger partial charge in [-0.05, 0) is 12.8 Å². The summed E-state index contributed by atoms with van der Waals surface area (Å²) in [6.07, 6.45) is 2.39. The molecule has 1 saturated heterocycles. The Hall–Kier alpha value is 0.430. The van der Waals surface area contributed by atoms with Crippen molar-refractivity contribution < 1.29 is 1.43 Å². The van der Waals surface area contributed by atoms with Gasteiger partial charge in [0, 0.05) is 36.0 Å². The fraction of sp³-hybridized carbons (Fsp3) is 0.667. The fourth-order valence-electron chi connectivity index (χ4n) is 0.796. The molecule has 1 heterocycles. The van der Waals surface area contributed by atoms with Crippen LogP contribution in [0.3, 0.4) is 0 Å². The van der Waals surface area contributed by atoms with Crippen LogP contribution < -0.4 is 0 Å². The van der Waals surface area contributed by atoms with Crippen LogP contribution in [0.2, 0.25) is 0 Å². The highest BCUT2D eigenvalue weighted by molar-refractivity contribution is 14.1. The van der Waals surface area contributed by atoms with Gasteiger partial charge in [0.1, 0.15) is 0 Å². The Kier molecular flexibility index (Phi) is 2.31. The summed E-state index contributed by atoms with van der Waals surface area (Å²) in [4.78, 5) is 0. The number of halogens is 1. The van der Waals surface area contributed by atoms with Crippen LogP contribution in [0.5, 0.6) is 0 Å². The van der Waals surface area contributed by atoms with E-state index in [0.29, 0.717) is 0 Å². The summed E-state index contributed by atoms with van der Waals surface area (Å²) in [6, 6.07) is 0. The number of rotatable bonds is 0. The first-order valence-electron chi connectivity index (χ1n) is 2.86. The van der Waals surface area contributed by atoms with Crippen molar-refractivity contribution in [2.45, 2.75) is 12.8 Å². The molecule has 8 heavy (non-hydrogen) atoms. The molecule has 0 saturated carbocycles. The van der Waals surface area contributed by atoms with Gasteiger partial charge in [-0.25, -0.2) is 3.11 Å². The second-order valence-electron chi connectivity index (χ2n) is 2.16. The monoisotopic (exact) mass is 224 g/mol. The summed E-state index contributed by atoms with van der Waals surface area (Å²) in [7, 11) is 0. The van der Waals surface area contributed by atoms with Gasteiger partial charge in [-0.1, -0.05) is 12.2 Å². The van der Waals surface area contributed by atoms with Gasteiger partial charge >= 0.3 is 1.43 Å². The lowest BCUT2D eigenvalue weighted by molar-refractivity contribution is 0.468. The Morgan fingerprint density at radius 2 is 2.00 bits per heavy atom. The van der Waals surface area contributed by atoms with E-state index in [-0.39, 0.29) is 1.43 Å². The molecule has 0 aromatic heterocycles. The highest BCUT2D eigenvalue weighted by atomic mass is 127. The van der Waals surface area contributed by atoms with Crippen molar-refractivity contribution in [1.82, 2.24) is 3.11 Å². The smallest absolute Gasteiger partial charge is 0.247 e. The first kappa shape index (κ1) is 6.55. The van der Waals surface area contributed by atoms with E-state index in [4.69, 9.17) is 0 Å². The van der Waals surface area contributed by atoms with Crippen molar-refractivity contribution in [3.05, 3.63) is 12.2 Å². The molecule has 46 valence electrons. The third-order valence-electron chi connectivity index (χ3n) is 1.42. The largest absolute Gasteiger partial charge is 1.00 e. The van der Waals surface area contributed by atoms with Gasteiger partial charge in [0.05, 0.1) is 0 Å². The molecule has 1 rings (SSSR count). The fourth-order valence-corrected chi connectivity index (χ4v) is 1.28. The third-order valence-corrected chi connectivity index (χ3v) is 2.38. The van der Waals surface area contributed by atoms with Crippen LogP contribution in [-0.4, -0.2) is 16.2 Å². The minimum atomic E-state index is 0. The molecule has 0 unspecified atom stereocenters. The van der Waals surface area contributed by atoms with Gasteiger partial charge in [0.25, 0.3) is 0 Å². The Morgan fingerprint density at radius 3 is 2.38 bits per heavy atom. The lowest BCUT2D eigenvalue weighted by atomic mass is 10.1. The molecule has 0 atom stereocenters. The van der Waals surface area contributed by atoms with Crippen LogP contribution in [0.15, 0.2) is 12.2 Å². The minimum absolute atomic E-state index is 0. The molecule has 0 spiro atoms. The van der Waals surface area contributed by atoms with Crippen molar-refractivity contribution in [3.8, 4) is 0 Å². The molecule has 0 aliphatic carbocycles. The average Bonchev–Trinajstić information content (AvgIpc) is 1.77. The Bertz CT molecular complexity index is 95.2. The molecule has 1 aliphatic rings. The predicted octanol–water partition coefficient (Wildman–Crippen LogP) is 2.10. The average molecular weight is 224 g/mol. The highest BCUT2D eigenvalue weighted by Crippen LogP contribution is 2.15. The first-order chi connectivity index (χ1) is 3.79. The summed E-state index contributed by atoms with van der Waals surface area (Å²) >= 11 is 2.36. The third kappa shape index (κ3) is 1.74. The molecule has 0 radical (unpaired) electrons. The van der Waals surface area contributed by atoms with Crippen LogP contribution in [0.25, 0.3) is 0 Å². The van der Waals surface area contributed by atoms with Gasteiger partial charge in [0.2, 0.25) is 0 Å². The molecule has 1 fully saturated rings. The zero-order valence-electron chi connectivity index (χ0n) is 5.86. The SMILES string of the molecule is C=C1CCN(I)CC1.[H+]. The van der Waals surface area contributed by atoms with Crippen LogP contribution in [-0.2, 0) is 0 Å². The Balaban J connectivity index is 0.000000640. The Morgan fingerprint density at radius 1 is 1.50 bits per heavy atom. The maximum absolute atomic E-state index is 3.92. The minimum Gasteiger partial charge on any atom is -0.247 e. The molecule has 0 aromatic carbocycles. The lowest BCUT2D eigenvalue weighted by Crippen LogP contribution is -2.20. The summed E-state index contributed by atoms with van der Waals surface area (Å²) in [6.45, 7) is 6.31. The quantitative estimate of drug-likeness (QED) is 0.346. The van der Waals surface area contributed by atoms with Crippen molar-refractivity contribution in [2.24, 2.45) is 0 Å². The maximum atomic E-state index is 3.92. The van der Waals surface area contributed by atoms with E-state index in [0.717, 1.165) is 0 Å². The van der Waals surface area contributed by atoms with Crippen LogP contribution in [0, 0.1) is 0 Å². The molecule has 0 N–H and O–H groups in total. The van der Waals surface area contributed by atoms with E-state index >= 15 is 0 Å². The number of piperidine rings is 1. The maximum Gasteiger partial charge on any atom is 1.00 e. The molecule has 1 nitrogen and oxygen atoms in total. The molecular weight excluding hydrogens is 213 g/mol. The summed E-state index contributed by atoms with van der Waals surface area (Å²) < 4.78 is 2.31. The normalized spacial score (nSPS) is 23.9. The van der Waals surface area contributed by atoms with E-state index in [1.54, 1.807) is 0 Å². The topological polar surface area (TPSA) is 3.24 Å². The molecule has 0 amide bonds. The predicted molar refractivity (Wildman–Crippen MR) is 45.1 cm³/mol. The second kappa shape index (κ2) is 2.82. The van der Waals surface area contributed by atoms with E-state index in [1.165, 1.54) is 31.5 Å². The van der Waals surface area contributed by atoms with Gasteiger partial charge < -0.3 is 0 Å². The highest BCUT2D eigenvalue weighted by Gasteiger charge is 2.07. The van der Waals surface area contributed by atoms with Crippen LogP contribution in [0.1, 0.15) is 14.3 Å². The van der Waals surface area contributed by atoms with Crippen LogP contribution in [0.4, 0.5) is 0 Å². The van der Waals surface area contributed by atoms with Crippen LogP contribution >= 0.6 is 22.9 Å². The molecule has 0 aromatic rings. The van der Waals surface area contributed by atoms with E-state index < -0.39 is 0 Å². The summed E-state index contributed by atoms with van der Waals surface area (Å²) in [5.41, 5.74) is 1.41. The number of hydrogen-bond donors (Lipinski definition) is 0. The number of hydrogen-bond acceptors (Lipinski definition) is 1. The summed E-state index contributed by atoms with van der Waals surface area (Å²) in [5.74, 6) is 0. The van der Waals surface area contributed by atoms with Gasteiger partial charge in [-0.15, -0.1) is 0 Å².